The summed E-state index contributed by atoms with van der Waals surface area (Å²) in [5.41, 5.74) is 2.92. The number of carboxylic acid groups (broad SMARTS) is 1. The zero-order chi connectivity index (χ0) is 37.7. The largest absolute Gasteiger partial charge is 0.480 e. The molecule has 5 atom stereocenters. The highest BCUT2D eigenvalue weighted by Gasteiger charge is 2.37. The number of carbonyl (C=O) groups excluding carboxylic acids is 3. The summed E-state index contributed by atoms with van der Waals surface area (Å²) in [6.07, 6.45) is 13.3. The van der Waals surface area contributed by atoms with Crippen LogP contribution < -0.4 is 5.32 Å². The first-order valence-corrected chi connectivity index (χ1v) is 19.6. The average Bonchev–Trinajstić information content (AvgIpc) is 3.76. The number of aldehydes is 1. The molecule has 5 rings (SSSR count). The molecule has 4 aliphatic rings. The Morgan fingerprint density at radius 1 is 0.902 bits per heavy atom. The van der Waals surface area contributed by atoms with Gasteiger partial charge in [0.1, 0.15) is 12.3 Å². The third-order valence-electron chi connectivity index (χ3n) is 11.3. The van der Waals surface area contributed by atoms with Gasteiger partial charge in [0.05, 0.1) is 12.1 Å². The molecule has 0 spiro atoms. The molecule has 0 saturated carbocycles. The van der Waals surface area contributed by atoms with Crippen molar-refractivity contribution in [1.29, 1.82) is 0 Å². The summed E-state index contributed by atoms with van der Waals surface area (Å²) < 4.78 is 0. The third kappa shape index (κ3) is 13.0. The quantitative estimate of drug-likeness (QED) is 0.316. The molecule has 0 bridgehead atoms. The highest BCUT2D eigenvalue weighted by Crippen LogP contribution is 2.26. The van der Waals surface area contributed by atoms with Crippen LogP contribution in [0.4, 0.5) is 0 Å². The van der Waals surface area contributed by atoms with E-state index in [1.54, 1.807) is 16.0 Å². The van der Waals surface area contributed by atoms with Gasteiger partial charge in [-0.3, -0.25) is 19.4 Å². The molecule has 2 amide bonds. The number of aliphatic carboxylic acids is 1. The number of carbonyl (C=O) groups is 4. The number of nitrogens with zero attached hydrogens (tertiary/aromatic N) is 4. The van der Waals surface area contributed by atoms with Gasteiger partial charge in [-0.1, -0.05) is 65.3 Å². The molecule has 3 saturated heterocycles. The molecule has 288 valence electrons. The number of carboxylic acids is 1. The topological polar surface area (TPSA) is 114 Å². The predicted octanol–water partition coefficient (Wildman–Crippen LogP) is 5.27. The van der Waals surface area contributed by atoms with Crippen molar-refractivity contribution in [3.05, 3.63) is 35.4 Å². The van der Waals surface area contributed by atoms with Crippen molar-refractivity contribution < 1.29 is 24.3 Å². The minimum Gasteiger partial charge on any atom is -0.480 e. The van der Waals surface area contributed by atoms with Crippen LogP contribution in [0.25, 0.3) is 0 Å². The predicted molar refractivity (Wildman–Crippen MR) is 205 cm³/mol. The number of aryl methyl sites for hydroxylation is 2. The molecule has 10 nitrogen and oxygen atoms in total. The van der Waals surface area contributed by atoms with Crippen LogP contribution in [0.5, 0.6) is 0 Å². The van der Waals surface area contributed by atoms with Crippen LogP contribution in [0.3, 0.4) is 0 Å². The Bertz CT molecular complexity index is 1230. The third-order valence-corrected chi connectivity index (χ3v) is 11.3. The second kappa shape index (κ2) is 20.4. The molecule has 0 radical (unpaired) electrons. The number of rotatable bonds is 10. The summed E-state index contributed by atoms with van der Waals surface area (Å²) in [5.74, 6) is -0.300. The molecule has 3 aliphatic heterocycles. The minimum absolute atomic E-state index is 0.0146. The number of likely N-dealkylation sites (N-methyl/N-ethyl adjacent to an activating group) is 2. The molecule has 2 N–H and O–H groups in total. The molecule has 51 heavy (non-hydrogen) atoms. The lowest BCUT2D eigenvalue weighted by atomic mass is 9.87. The zero-order valence-corrected chi connectivity index (χ0v) is 33.0. The number of amides is 2. The van der Waals surface area contributed by atoms with E-state index in [-0.39, 0.29) is 29.3 Å². The Balaban J connectivity index is 0.000000224. The lowest BCUT2D eigenvalue weighted by Crippen LogP contribution is -2.53. The molecule has 1 aromatic carbocycles. The lowest BCUT2D eigenvalue weighted by molar-refractivity contribution is -0.148. The van der Waals surface area contributed by atoms with Crippen LogP contribution >= 0.6 is 0 Å². The van der Waals surface area contributed by atoms with Gasteiger partial charge in [0.2, 0.25) is 11.8 Å². The van der Waals surface area contributed by atoms with Crippen molar-refractivity contribution in [1.82, 2.24) is 24.9 Å². The van der Waals surface area contributed by atoms with E-state index in [0.29, 0.717) is 31.3 Å². The molecule has 1 aromatic rings. The van der Waals surface area contributed by atoms with Crippen LogP contribution in [0.15, 0.2) is 24.3 Å². The van der Waals surface area contributed by atoms with Crippen LogP contribution in [-0.4, -0.2) is 126 Å². The van der Waals surface area contributed by atoms with Gasteiger partial charge in [-0.25, -0.2) is 4.79 Å². The maximum atomic E-state index is 12.6. The van der Waals surface area contributed by atoms with Gasteiger partial charge in [-0.05, 0) is 121 Å². The summed E-state index contributed by atoms with van der Waals surface area (Å²) in [6.45, 7) is 13.9. The second-order valence-corrected chi connectivity index (χ2v) is 16.8. The van der Waals surface area contributed by atoms with Crippen molar-refractivity contribution in [2.24, 2.45) is 11.3 Å². The van der Waals surface area contributed by atoms with Gasteiger partial charge >= 0.3 is 5.97 Å². The smallest absolute Gasteiger partial charge is 0.326 e. The van der Waals surface area contributed by atoms with E-state index >= 15 is 0 Å². The first-order valence-electron chi connectivity index (χ1n) is 19.6. The Hall–Kier alpha value is -2.82. The summed E-state index contributed by atoms with van der Waals surface area (Å²) in [7, 11) is 6.20. The highest BCUT2D eigenvalue weighted by molar-refractivity contribution is 5.85. The Morgan fingerprint density at radius 3 is 2.04 bits per heavy atom. The van der Waals surface area contributed by atoms with Crippen molar-refractivity contribution >= 4 is 24.1 Å². The van der Waals surface area contributed by atoms with Crippen LogP contribution in [0.2, 0.25) is 0 Å². The molecule has 10 heteroatoms. The molecule has 3 heterocycles. The van der Waals surface area contributed by atoms with Crippen LogP contribution in [0, 0.1) is 11.3 Å². The van der Waals surface area contributed by atoms with E-state index in [4.69, 9.17) is 0 Å². The molecule has 1 aliphatic carbocycles. The molecule has 0 aromatic heterocycles. The average molecular weight is 712 g/mol. The molecular weight excluding hydrogens is 642 g/mol. The summed E-state index contributed by atoms with van der Waals surface area (Å²) in [4.78, 5) is 55.4. The minimum atomic E-state index is -0.864. The first-order chi connectivity index (χ1) is 24.1. The van der Waals surface area contributed by atoms with Gasteiger partial charge in [0, 0.05) is 31.6 Å². The number of fused-ring (bicyclic) bond motifs is 1. The highest BCUT2D eigenvalue weighted by atomic mass is 16.4. The zero-order valence-electron chi connectivity index (χ0n) is 33.0. The molecule has 3 fully saturated rings. The maximum Gasteiger partial charge on any atom is 0.326 e. The number of piperidine rings is 1. The Labute approximate surface area is 308 Å². The second-order valence-electron chi connectivity index (χ2n) is 16.8. The van der Waals surface area contributed by atoms with E-state index in [2.05, 4.69) is 72.2 Å². The summed E-state index contributed by atoms with van der Waals surface area (Å²) in [5, 5.41) is 12.1. The summed E-state index contributed by atoms with van der Waals surface area (Å²) >= 11 is 0. The van der Waals surface area contributed by atoms with E-state index in [1.165, 1.54) is 25.7 Å². The number of hydrogen-bond donors (Lipinski definition) is 2. The number of hydrogen-bond acceptors (Lipinski definition) is 7. The van der Waals surface area contributed by atoms with E-state index in [9.17, 15) is 24.3 Å². The van der Waals surface area contributed by atoms with Crippen molar-refractivity contribution in [2.45, 2.75) is 142 Å². The maximum absolute atomic E-state index is 12.6. The van der Waals surface area contributed by atoms with Gasteiger partial charge in [0.25, 0.3) is 0 Å². The number of benzene rings is 1. The van der Waals surface area contributed by atoms with Crippen molar-refractivity contribution in [3.63, 3.8) is 0 Å². The van der Waals surface area contributed by atoms with Crippen LogP contribution in [0.1, 0.15) is 110 Å². The van der Waals surface area contributed by atoms with Gasteiger partial charge in [-0.15, -0.1) is 0 Å². The number of nitrogens with one attached hydrogen (secondary N) is 1. The fourth-order valence-corrected chi connectivity index (χ4v) is 8.00. The van der Waals surface area contributed by atoms with Gasteiger partial charge in [-0.2, -0.15) is 0 Å². The monoisotopic (exact) mass is 712 g/mol. The normalized spacial score (nSPS) is 23.7. The van der Waals surface area contributed by atoms with E-state index in [1.807, 2.05) is 27.8 Å². The first kappa shape index (κ1) is 42.6. The molecular formula is C41H69N5O5. The Kier molecular flexibility index (Phi) is 17.1. The fraction of sp³-hybridized carbons (Fsp3) is 0.756. The lowest BCUT2D eigenvalue weighted by Gasteiger charge is -2.35. The van der Waals surface area contributed by atoms with E-state index in [0.717, 1.165) is 64.4 Å². The molecule has 2 unspecified atom stereocenters. The van der Waals surface area contributed by atoms with Crippen LogP contribution in [-0.2, 0) is 32.0 Å². The standard InChI is InChI=1S/C18H33N3O3.C13H24N2O2.C10H12/c1-13(2)16(19(3)4)12-20-9-5-7-14(20)11-17(22)21-10-6-8-15(21)18(23)24;1-13(2,3)11(9-16)14-12(17)10-7-5-6-8-15(10)4;1-2-6-10-8-4-3-7-9(10)5-1/h13-16H,5-12H2,1-4H3,(H,23,24);9-11H,5-8H2,1-4H3,(H,14,17);1-2,5-6H,3-4,7-8H2/t14-,15-,16+;;/m0../s1. The summed E-state index contributed by atoms with van der Waals surface area (Å²) in [6, 6.07) is 8.43. The van der Waals surface area contributed by atoms with Crippen molar-refractivity contribution in [3.8, 4) is 0 Å². The van der Waals surface area contributed by atoms with Crippen molar-refractivity contribution in [2.75, 3.05) is 47.3 Å². The fourth-order valence-electron chi connectivity index (χ4n) is 8.00. The Morgan fingerprint density at radius 2 is 1.51 bits per heavy atom. The number of likely N-dealkylation sites (tertiary alicyclic amines) is 3. The van der Waals surface area contributed by atoms with E-state index < -0.39 is 18.1 Å². The SMILES string of the molecule is CC(C)[C@@H](CN1CCC[C@H]1CC(=O)N1CCC[C@H]1C(=O)O)N(C)C.CN1CCCCC1C(=O)NC(C=O)C(C)(C)C.c1ccc2c(c1)CCCC2. The van der Waals surface area contributed by atoms with Gasteiger partial charge < -0.3 is 25.0 Å². The van der Waals surface area contributed by atoms with Gasteiger partial charge in [0.15, 0.2) is 0 Å².